The number of carbonyl (C=O) groups excluding carboxylic acids is 2. The Morgan fingerprint density at radius 1 is 1.19 bits per heavy atom. The number of esters is 1. The Morgan fingerprint density at radius 2 is 2.03 bits per heavy atom. The number of pyridine rings is 1. The van der Waals surface area contributed by atoms with Crippen molar-refractivity contribution in [3.05, 3.63) is 60.7 Å². The lowest BCUT2D eigenvalue weighted by Crippen LogP contribution is -2.44. The molecule has 1 aromatic heterocycles. The summed E-state index contributed by atoms with van der Waals surface area (Å²) in [6.45, 7) is 7.86. The van der Waals surface area contributed by atoms with Crippen molar-refractivity contribution in [2.24, 2.45) is 23.7 Å². The standard InChI is InChI=1S/C16H25NO4.C13H10FN/c1-3-20-16(19)17-12-5-4-10-7-13-9(2)21-15(18)14(13)8-11(10)6-12;1-2-13-7-6-11(9-15-13)10-4-3-5-12(14)8-10/h9-14H,3-8H2,1-2H3,(H,17,19);2-9H,1H2/t9?,10?,11?,12-,13?,14?;/m1./s1. The van der Waals surface area contributed by atoms with Crippen LogP contribution in [0.5, 0.6) is 0 Å². The van der Waals surface area contributed by atoms with Crippen molar-refractivity contribution in [1.29, 1.82) is 0 Å². The fourth-order valence-corrected chi connectivity index (χ4v) is 5.92. The average molecular weight is 495 g/mol. The van der Waals surface area contributed by atoms with Gasteiger partial charge >= 0.3 is 12.1 Å². The van der Waals surface area contributed by atoms with E-state index in [1.165, 1.54) is 12.1 Å². The number of aromatic nitrogens is 1. The summed E-state index contributed by atoms with van der Waals surface area (Å²) in [5.41, 5.74) is 2.55. The number of cyclic esters (lactones) is 1. The van der Waals surface area contributed by atoms with Gasteiger partial charge in [-0.25, -0.2) is 9.18 Å². The molecule has 0 spiro atoms. The molecule has 36 heavy (non-hydrogen) atoms. The summed E-state index contributed by atoms with van der Waals surface area (Å²) in [7, 11) is 0. The van der Waals surface area contributed by atoms with Gasteiger partial charge in [0.25, 0.3) is 0 Å². The van der Waals surface area contributed by atoms with Crippen molar-refractivity contribution < 1.29 is 23.5 Å². The predicted octanol–water partition coefficient (Wildman–Crippen LogP) is 6.02. The fourth-order valence-electron chi connectivity index (χ4n) is 5.92. The predicted molar refractivity (Wildman–Crippen MR) is 136 cm³/mol. The molecule has 1 saturated heterocycles. The molecule has 2 heterocycles. The maximum atomic E-state index is 13.0. The van der Waals surface area contributed by atoms with Gasteiger partial charge in [0.2, 0.25) is 0 Å². The van der Waals surface area contributed by atoms with Crippen LogP contribution in [0.25, 0.3) is 17.2 Å². The van der Waals surface area contributed by atoms with Gasteiger partial charge in [-0.2, -0.15) is 0 Å². The highest BCUT2D eigenvalue weighted by Crippen LogP contribution is 2.49. The lowest BCUT2D eigenvalue weighted by Gasteiger charge is -2.43. The summed E-state index contributed by atoms with van der Waals surface area (Å²) in [4.78, 5) is 27.6. The monoisotopic (exact) mass is 494 g/mol. The summed E-state index contributed by atoms with van der Waals surface area (Å²) in [5.74, 6) is 1.47. The average Bonchev–Trinajstić information content (AvgIpc) is 3.15. The summed E-state index contributed by atoms with van der Waals surface area (Å²) >= 11 is 0. The van der Waals surface area contributed by atoms with Gasteiger partial charge in [-0.1, -0.05) is 24.8 Å². The lowest BCUT2D eigenvalue weighted by atomic mass is 9.62. The third-order valence-corrected chi connectivity index (χ3v) is 7.75. The number of ether oxygens (including phenoxy) is 2. The minimum absolute atomic E-state index is 0.00794. The van der Waals surface area contributed by atoms with Gasteiger partial charge in [-0.15, -0.1) is 0 Å². The summed E-state index contributed by atoms with van der Waals surface area (Å²) < 4.78 is 23.3. The number of halogens is 1. The van der Waals surface area contributed by atoms with Gasteiger partial charge in [0.05, 0.1) is 18.2 Å². The molecule has 3 fully saturated rings. The summed E-state index contributed by atoms with van der Waals surface area (Å²) in [6.07, 6.45) is 8.30. The number of nitrogens with zero attached hydrogens (tertiary/aromatic N) is 1. The van der Waals surface area contributed by atoms with Gasteiger partial charge < -0.3 is 14.8 Å². The highest BCUT2D eigenvalue weighted by molar-refractivity contribution is 5.75. The van der Waals surface area contributed by atoms with E-state index in [1.54, 1.807) is 18.3 Å². The van der Waals surface area contributed by atoms with Crippen LogP contribution < -0.4 is 5.32 Å². The van der Waals surface area contributed by atoms with Gasteiger partial charge in [-0.3, -0.25) is 9.78 Å². The maximum absolute atomic E-state index is 13.0. The zero-order valence-corrected chi connectivity index (χ0v) is 21.0. The molecule has 2 saturated carbocycles. The molecule has 6 atom stereocenters. The molecule has 1 aliphatic heterocycles. The second-order valence-electron chi connectivity index (χ2n) is 9.96. The highest BCUT2D eigenvalue weighted by atomic mass is 19.1. The number of amides is 1. The Bertz CT molecular complexity index is 1070. The van der Waals surface area contributed by atoms with E-state index in [4.69, 9.17) is 9.47 Å². The number of alkyl carbamates (subject to hydrolysis) is 1. The van der Waals surface area contributed by atoms with Crippen LogP contribution in [0.4, 0.5) is 9.18 Å². The van der Waals surface area contributed by atoms with Gasteiger partial charge in [0.15, 0.2) is 0 Å². The number of carbonyl (C=O) groups is 2. The number of hydrogen-bond donors (Lipinski definition) is 1. The first kappa shape index (κ1) is 25.9. The van der Waals surface area contributed by atoms with E-state index >= 15 is 0 Å². The number of hydrogen-bond acceptors (Lipinski definition) is 5. The van der Waals surface area contributed by atoms with Crippen molar-refractivity contribution in [3.8, 4) is 11.1 Å². The Kier molecular flexibility index (Phi) is 8.39. The molecule has 6 nitrogen and oxygen atoms in total. The number of nitrogens with one attached hydrogen (secondary N) is 1. The van der Waals surface area contributed by atoms with Crippen molar-refractivity contribution in [2.45, 2.75) is 58.1 Å². The van der Waals surface area contributed by atoms with E-state index in [2.05, 4.69) is 16.9 Å². The van der Waals surface area contributed by atoms with Crippen LogP contribution in [0.3, 0.4) is 0 Å². The molecule has 1 N–H and O–H groups in total. The third kappa shape index (κ3) is 6.12. The van der Waals surface area contributed by atoms with Crippen LogP contribution in [-0.2, 0) is 14.3 Å². The van der Waals surface area contributed by atoms with Gasteiger partial charge in [0, 0.05) is 23.7 Å². The molecule has 3 aliphatic rings. The van der Waals surface area contributed by atoms with Crippen LogP contribution in [0, 0.1) is 29.5 Å². The second kappa shape index (κ2) is 11.7. The van der Waals surface area contributed by atoms with Crippen LogP contribution in [0.15, 0.2) is 49.2 Å². The van der Waals surface area contributed by atoms with Crippen LogP contribution in [0.1, 0.15) is 51.6 Å². The number of rotatable bonds is 4. The van der Waals surface area contributed by atoms with Crippen molar-refractivity contribution >= 4 is 18.1 Å². The van der Waals surface area contributed by atoms with Crippen molar-refractivity contribution in [2.75, 3.05) is 6.61 Å². The summed E-state index contributed by atoms with van der Waals surface area (Å²) in [5, 5.41) is 2.96. The minimum Gasteiger partial charge on any atom is -0.462 e. The van der Waals surface area contributed by atoms with Crippen molar-refractivity contribution in [1.82, 2.24) is 10.3 Å². The molecule has 1 amide bonds. The zero-order valence-electron chi connectivity index (χ0n) is 21.0. The first-order chi connectivity index (χ1) is 17.4. The lowest BCUT2D eigenvalue weighted by molar-refractivity contribution is -0.144. The third-order valence-electron chi connectivity index (χ3n) is 7.75. The second-order valence-corrected chi connectivity index (χ2v) is 9.96. The largest absolute Gasteiger partial charge is 0.462 e. The molecule has 2 aromatic rings. The normalized spacial score (nSPS) is 28.5. The molecule has 192 valence electrons. The molecule has 0 radical (unpaired) electrons. The Hall–Kier alpha value is -3.22. The van der Waals surface area contributed by atoms with E-state index < -0.39 is 0 Å². The zero-order chi connectivity index (χ0) is 25.7. The molecule has 7 heteroatoms. The molecule has 5 rings (SSSR count). The SMILES string of the molecule is C=Cc1ccc(-c2cccc(F)c2)cn1.CCOC(=O)N[C@@H]1CCC2CC3C(C)OC(=O)C3CC2C1. The fraction of sp³-hybridized carbons (Fsp3) is 0.483. The smallest absolute Gasteiger partial charge is 0.407 e. The topological polar surface area (TPSA) is 77.5 Å². The maximum Gasteiger partial charge on any atom is 0.407 e. The van der Waals surface area contributed by atoms with Gasteiger partial charge in [0.1, 0.15) is 11.9 Å². The van der Waals surface area contributed by atoms with Crippen molar-refractivity contribution in [3.63, 3.8) is 0 Å². The quantitative estimate of drug-likeness (QED) is 0.526. The molecule has 5 unspecified atom stereocenters. The summed E-state index contributed by atoms with van der Waals surface area (Å²) in [6, 6.07) is 10.4. The van der Waals surface area contributed by atoms with E-state index in [9.17, 15) is 14.0 Å². The van der Waals surface area contributed by atoms with Crippen LogP contribution >= 0.6 is 0 Å². The molecule has 2 aliphatic carbocycles. The molecule has 1 aromatic carbocycles. The van der Waals surface area contributed by atoms with Crippen LogP contribution in [-0.4, -0.2) is 35.8 Å². The van der Waals surface area contributed by atoms with E-state index in [1.807, 2.05) is 32.0 Å². The van der Waals surface area contributed by atoms with E-state index in [0.717, 1.165) is 48.9 Å². The number of benzene rings is 1. The van der Waals surface area contributed by atoms with E-state index in [0.29, 0.717) is 24.4 Å². The highest BCUT2D eigenvalue weighted by Gasteiger charge is 2.50. The molecular formula is C29H35FN2O4. The first-order valence-electron chi connectivity index (χ1n) is 12.9. The Labute approximate surface area is 212 Å². The van der Waals surface area contributed by atoms with E-state index in [-0.39, 0.29) is 35.9 Å². The minimum atomic E-state index is -0.316. The van der Waals surface area contributed by atoms with Gasteiger partial charge in [-0.05, 0) is 87.6 Å². The molecular weight excluding hydrogens is 459 g/mol. The first-order valence-corrected chi connectivity index (χ1v) is 12.9. The van der Waals surface area contributed by atoms with Crippen LogP contribution in [0.2, 0.25) is 0 Å². The Balaban J connectivity index is 0.000000179. The Morgan fingerprint density at radius 3 is 2.72 bits per heavy atom. The molecule has 0 bridgehead atoms. The number of fused-ring (bicyclic) bond motifs is 2.